The molecule has 0 aliphatic carbocycles. The van der Waals surface area contributed by atoms with Crippen molar-refractivity contribution in [2.24, 2.45) is 0 Å². The molecule has 0 saturated carbocycles. The van der Waals surface area contributed by atoms with E-state index in [0.29, 0.717) is 0 Å². The molecule has 1 radical (unpaired) electrons. The van der Waals surface area contributed by atoms with Crippen LogP contribution < -0.4 is 18.9 Å². The second-order valence-corrected chi connectivity index (χ2v) is 0. The summed E-state index contributed by atoms with van der Waals surface area (Å²) in [5, 5.41) is 0. The molecule has 0 aromatic rings. The first-order chi connectivity index (χ1) is 0. The fraction of sp³-hybridized carbons (Fsp3) is 0. The first-order valence-electron chi connectivity index (χ1n) is 0. The van der Waals surface area contributed by atoms with Gasteiger partial charge in [0.2, 0.25) is 0 Å². The fourth-order valence-electron chi connectivity index (χ4n) is 0. The van der Waals surface area contributed by atoms with Crippen LogP contribution >= 0.6 is 0 Å². The molecule has 4 heavy (non-hydrogen) atoms. The summed E-state index contributed by atoms with van der Waals surface area (Å²) in [5.41, 5.74) is 0. The maximum absolute atomic E-state index is 0. The molecule has 0 aliphatic heterocycles. The molecule has 0 heterocycles. The molecule has 0 N–H and O–H groups in total. The van der Waals surface area contributed by atoms with Crippen molar-refractivity contribution in [3.8, 4) is 0 Å². The first-order valence-corrected chi connectivity index (χ1v) is 0. The summed E-state index contributed by atoms with van der Waals surface area (Å²) in [6.07, 6.45) is 0. The summed E-state index contributed by atoms with van der Waals surface area (Å²) in [7, 11) is 0. The standard InChI is InChI=1S/Ag.Bi.Li.Zn.4H/q;;+1;;;;;-1. The van der Waals surface area contributed by atoms with Gasteiger partial charge in [-0.25, -0.2) is 0 Å². The monoisotopic (exact) mass is 391 g/mol. The van der Waals surface area contributed by atoms with Gasteiger partial charge in [-0.3, -0.25) is 0 Å². The Hall–Kier alpha value is 2.84. The second-order valence-electron chi connectivity index (χ2n) is 0. The third kappa shape index (κ3) is 8.85. The van der Waals surface area contributed by atoms with Gasteiger partial charge in [-0.1, -0.05) is 0 Å². The van der Waals surface area contributed by atoms with E-state index in [1.54, 1.807) is 0 Å². The van der Waals surface area contributed by atoms with Gasteiger partial charge < -0.3 is 1.43 Å². The Morgan fingerprint density at radius 2 is 1.25 bits per heavy atom. The zero-order chi connectivity index (χ0) is 0. The summed E-state index contributed by atoms with van der Waals surface area (Å²) >= 11 is 0. The molecular weight excluding hydrogens is 389 g/mol. The van der Waals surface area contributed by atoms with Crippen LogP contribution in [-0.4, -0.2) is 26.2 Å². The molecule has 0 nitrogen and oxygen atoms in total. The molecule has 0 rings (SSSR count). The summed E-state index contributed by atoms with van der Waals surface area (Å²) in [6, 6.07) is 0. The molecule has 4 heteroatoms. The van der Waals surface area contributed by atoms with Crippen LogP contribution in [0.3, 0.4) is 0 Å². The van der Waals surface area contributed by atoms with Gasteiger partial charge in [0.25, 0.3) is 0 Å². The van der Waals surface area contributed by atoms with Gasteiger partial charge in [0.15, 0.2) is 0 Å². The van der Waals surface area contributed by atoms with Crippen molar-refractivity contribution in [1.82, 2.24) is 0 Å². The molecule has 0 fully saturated rings. The van der Waals surface area contributed by atoms with Crippen LogP contribution in [0.1, 0.15) is 1.43 Å². The van der Waals surface area contributed by atoms with Crippen LogP contribution in [0.25, 0.3) is 0 Å². The number of rotatable bonds is 0. The minimum Gasteiger partial charge on any atom is -1.00 e. The van der Waals surface area contributed by atoms with Crippen molar-refractivity contribution in [3.05, 3.63) is 0 Å². The Kier molecular flexibility index (Phi) is 122. The van der Waals surface area contributed by atoms with E-state index < -0.39 is 0 Å². The Labute approximate surface area is 86.9 Å². The SMILES string of the molecule is [Ag].[BiH3].[H-].[Li+].[Zn]. The summed E-state index contributed by atoms with van der Waals surface area (Å²) in [6.45, 7) is 0. The third-order valence-corrected chi connectivity index (χ3v) is 0. The zero-order valence-corrected chi connectivity index (χ0v) is 12.7. The number of hydrogen-bond donors (Lipinski definition) is 0. The molecule has 0 unspecified atom stereocenters. The van der Waals surface area contributed by atoms with Gasteiger partial charge in [0, 0.05) is 41.9 Å². The van der Waals surface area contributed by atoms with Crippen LogP contribution in [0.15, 0.2) is 0 Å². The van der Waals surface area contributed by atoms with Crippen molar-refractivity contribution >= 4 is 26.2 Å². The normalized spacial score (nSPS) is 0. The van der Waals surface area contributed by atoms with Crippen LogP contribution in [0.2, 0.25) is 0 Å². The zero-order valence-electron chi connectivity index (χ0n) is 3.72. The molecule has 0 aliphatic rings. The molecule has 0 aromatic heterocycles. The fourth-order valence-corrected chi connectivity index (χ4v) is 0. The topological polar surface area (TPSA) is 0 Å². The molecular formula is H4AgBiLiZn. The molecule has 0 spiro atoms. The summed E-state index contributed by atoms with van der Waals surface area (Å²) in [4.78, 5) is 0. The third-order valence-electron chi connectivity index (χ3n) is 0. The molecule has 0 aromatic carbocycles. The smallest absolute Gasteiger partial charge is 1.00 e. The van der Waals surface area contributed by atoms with E-state index in [1.165, 1.54) is 0 Å². The largest absolute Gasteiger partial charge is 1.00 e. The van der Waals surface area contributed by atoms with E-state index >= 15 is 0 Å². The van der Waals surface area contributed by atoms with Gasteiger partial charge in [0.05, 0.1) is 0 Å². The van der Waals surface area contributed by atoms with Gasteiger partial charge in [0.1, 0.15) is 0 Å². The average molecular weight is 393 g/mol. The summed E-state index contributed by atoms with van der Waals surface area (Å²) < 4.78 is 0. The quantitative estimate of drug-likeness (QED) is 0.368. The van der Waals surface area contributed by atoms with E-state index in [2.05, 4.69) is 0 Å². The molecule has 0 amide bonds. The minimum absolute atomic E-state index is 0. The van der Waals surface area contributed by atoms with E-state index in [0.717, 1.165) is 0 Å². The van der Waals surface area contributed by atoms with Crippen LogP contribution in [-0.2, 0) is 41.9 Å². The minimum atomic E-state index is 0. The van der Waals surface area contributed by atoms with Crippen LogP contribution in [0, 0.1) is 0 Å². The Morgan fingerprint density at radius 3 is 1.25 bits per heavy atom. The van der Waals surface area contributed by atoms with Crippen LogP contribution in [0.4, 0.5) is 0 Å². The van der Waals surface area contributed by atoms with Gasteiger partial charge >= 0.3 is 45.1 Å². The van der Waals surface area contributed by atoms with E-state index in [4.69, 9.17) is 0 Å². The van der Waals surface area contributed by atoms with E-state index in [9.17, 15) is 0 Å². The van der Waals surface area contributed by atoms with Gasteiger partial charge in [-0.2, -0.15) is 0 Å². The predicted molar refractivity (Wildman–Crippen MR) is 11.1 cm³/mol. The van der Waals surface area contributed by atoms with E-state index in [-0.39, 0.29) is 88.3 Å². The molecule has 0 atom stereocenters. The van der Waals surface area contributed by atoms with Crippen molar-refractivity contribution in [2.75, 3.05) is 0 Å². The Balaban J connectivity index is 0. The predicted octanol–water partition coefficient (Wildman–Crippen LogP) is -4.07. The van der Waals surface area contributed by atoms with Crippen molar-refractivity contribution in [3.63, 3.8) is 0 Å². The number of hydrogen-bond acceptors (Lipinski definition) is 0. The van der Waals surface area contributed by atoms with Crippen LogP contribution in [0.5, 0.6) is 0 Å². The van der Waals surface area contributed by atoms with E-state index in [1.807, 2.05) is 0 Å². The molecule has 23 valence electrons. The Bertz CT molecular complexity index is 11.6. The Morgan fingerprint density at radius 1 is 1.25 bits per heavy atom. The molecule has 0 bridgehead atoms. The van der Waals surface area contributed by atoms with Crippen molar-refractivity contribution in [2.45, 2.75) is 0 Å². The van der Waals surface area contributed by atoms with Crippen molar-refractivity contribution < 1.29 is 62.1 Å². The second kappa shape index (κ2) is 17.0. The molecule has 0 saturated heterocycles. The average Bonchev–Trinajstić information content (AvgIpc) is 0. The summed E-state index contributed by atoms with van der Waals surface area (Å²) in [5.74, 6) is 0. The maximum atomic E-state index is 0. The van der Waals surface area contributed by atoms with Gasteiger partial charge in [-0.15, -0.1) is 0 Å². The maximum Gasteiger partial charge on any atom is 1.00 e. The van der Waals surface area contributed by atoms with Crippen molar-refractivity contribution in [1.29, 1.82) is 0 Å². The van der Waals surface area contributed by atoms with Gasteiger partial charge in [-0.05, 0) is 0 Å². The first kappa shape index (κ1) is 28.9.